The number of halogens is 1. The highest BCUT2D eigenvalue weighted by atomic mass is 35.5. The minimum Gasteiger partial charge on any atom is -0.493 e. The average Bonchev–Trinajstić information content (AvgIpc) is 2.43. The standard InChI is InChI=1S/C15H24ClNO4/c1-10(2)17-7-11-5-12(16)6-14(20-4)15(11)21-9-13(18)8-19-3/h5-6,10,13,17-18H,7-9H2,1-4H3. The molecule has 0 bridgehead atoms. The molecule has 0 saturated heterocycles. The monoisotopic (exact) mass is 317 g/mol. The Kier molecular flexibility index (Phi) is 7.82. The zero-order chi connectivity index (χ0) is 15.8. The van der Waals surface area contributed by atoms with Crippen LogP contribution in [0.4, 0.5) is 0 Å². The second-order valence-corrected chi connectivity index (χ2v) is 5.49. The molecule has 1 aromatic carbocycles. The Morgan fingerprint density at radius 2 is 1.95 bits per heavy atom. The zero-order valence-electron chi connectivity index (χ0n) is 13.0. The maximum Gasteiger partial charge on any atom is 0.165 e. The first kappa shape index (κ1) is 18.0. The summed E-state index contributed by atoms with van der Waals surface area (Å²) in [5, 5.41) is 13.6. The van der Waals surface area contributed by atoms with E-state index in [0.29, 0.717) is 29.1 Å². The molecule has 6 heteroatoms. The molecule has 1 unspecified atom stereocenters. The molecule has 0 spiro atoms. The van der Waals surface area contributed by atoms with Gasteiger partial charge in [0.1, 0.15) is 12.7 Å². The first-order valence-electron chi connectivity index (χ1n) is 6.87. The van der Waals surface area contributed by atoms with Crippen molar-refractivity contribution in [2.75, 3.05) is 27.4 Å². The minimum absolute atomic E-state index is 0.126. The number of rotatable bonds is 9. The van der Waals surface area contributed by atoms with Crippen LogP contribution in [0, 0.1) is 0 Å². The van der Waals surface area contributed by atoms with Gasteiger partial charge in [0.25, 0.3) is 0 Å². The Hall–Kier alpha value is -1.01. The van der Waals surface area contributed by atoms with Crippen molar-refractivity contribution in [1.29, 1.82) is 0 Å². The molecule has 0 radical (unpaired) electrons. The van der Waals surface area contributed by atoms with Crippen molar-refractivity contribution in [3.05, 3.63) is 22.7 Å². The van der Waals surface area contributed by atoms with Crippen molar-refractivity contribution < 1.29 is 19.3 Å². The first-order valence-corrected chi connectivity index (χ1v) is 7.25. The largest absolute Gasteiger partial charge is 0.493 e. The molecule has 0 saturated carbocycles. The average molecular weight is 318 g/mol. The summed E-state index contributed by atoms with van der Waals surface area (Å²) >= 11 is 6.10. The number of nitrogens with one attached hydrogen (secondary N) is 1. The molecule has 5 nitrogen and oxygen atoms in total. The summed E-state index contributed by atoms with van der Waals surface area (Å²) in [5.41, 5.74) is 0.887. The topological polar surface area (TPSA) is 60.0 Å². The summed E-state index contributed by atoms with van der Waals surface area (Å²) in [6.45, 7) is 5.07. The third-order valence-corrected chi connectivity index (χ3v) is 3.01. The van der Waals surface area contributed by atoms with Crippen LogP contribution in [0.5, 0.6) is 11.5 Å². The van der Waals surface area contributed by atoms with Crippen LogP contribution < -0.4 is 14.8 Å². The molecule has 1 rings (SSSR count). The van der Waals surface area contributed by atoms with Crippen LogP contribution in [0.3, 0.4) is 0 Å². The number of hydrogen-bond donors (Lipinski definition) is 2. The minimum atomic E-state index is -0.693. The van der Waals surface area contributed by atoms with Gasteiger partial charge in [-0.3, -0.25) is 0 Å². The second kappa shape index (κ2) is 9.10. The maximum absolute atomic E-state index is 9.71. The molecule has 0 amide bonds. The smallest absolute Gasteiger partial charge is 0.165 e. The molecule has 2 N–H and O–H groups in total. The van der Waals surface area contributed by atoms with Crippen LogP contribution >= 0.6 is 11.6 Å². The van der Waals surface area contributed by atoms with E-state index in [1.54, 1.807) is 13.2 Å². The molecule has 0 aliphatic carbocycles. The molecule has 0 heterocycles. The fourth-order valence-electron chi connectivity index (χ4n) is 1.80. The van der Waals surface area contributed by atoms with Crippen LogP contribution in [0.2, 0.25) is 5.02 Å². The van der Waals surface area contributed by atoms with E-state index in [1.165, 1.54) is 7.11 Å². The maximum atomic E-state index is 9.71. The fraction of sp³-hybridized carbons (Fsp3) is 0.600. The van der Waals surface area contributed by atoms with E-state index in [9.17, 15) is 5.11 Å². The highest BCUT2D eigenvalue weighted by Crippen LogP contribution is 2.35. The number of methoxy groups -OCH3 is 2. The van der Waals surface area contributed by atoms with Crippen LogP contribution in [0.15, 0.2) is 12.1 Å². The molecule has 0 fully saturated rings. The van der Waals surface area contributed by atoms with Gasteiger partial charge in [0.05, 0.1) is 13.7 Å². The Morgan fingerprint density at radius 3 is 2.52 bits per heavy atom. The SMILES string of the molecule is COCC(O)COc1c(CNC(C)C)cc(Cl)cc1OC. The van der Waals surface area contributed by atoms with Crippen molar-refractivity contribution in [1.82, 2.24) is 5.32 Å². The van der Waals surface area contributed by atoms with Gasteiger partial charge in [-0.25, -0.2) is 0 Å². The molecule has 1 aromatic rings. The predicted molar refractivity (Wildman–Crippen MR) is 83.4 cm³/mol. The van der Waals surface area contributed by atoms with E-state index in [0.717, 1.165) is 5.56 Å². The molecule has 120 valence electrons. The molecule has 0 aliphatic heterocycles. The van der Waals surface area contributed by atoms with Crippen molar-refractivity contribution >= 4 is 11.6 Å². The lowest BCUT2D eigenvalue weighted by molar-refractivity contribution is 0.0316. The van der Waals surface area contributed by atoms with E-state index >= 15 is 0 Å². The van der Waals surface area contributed by atoms with Crippen LogP contribution in [0.25, 0.3) is 0 Å². The Labute approximate surface area is 131 Å². The van der Waals surface area contributed by atoms with Gasteiger partial charge in [-0.05, 0) is 6.07 Å². The molecule has 21 heavy (non-hydrogen) atoms. The van der Waals surface area contributed by atoms with Gasteiger partial charge < -0.3 is 24.6 Å². The van der Waals surface area contributed by atoms with E-state index in [4.69, 9.17) is 25.8 Å². The lowest BCUT2D eigenvalue weighted by atomic mass is 10.1. The highest BCUT2D eigenvalue weighted by Gasteiger charge is 2.15. The van der Waals surface area contributed by atoms with Crippen molar-refractivity contribution in [3.8, 4) is 11.5 Å². The van der Waals surface area contributed by atoms with Crippen LogP contribution in [0.1, 0.15) is 19.4 Å². The van der Waals surface area contributed by atoms with Crippen LogP contribution in [-0.4, -0.2) is 44.7 Å². The Bertz CT molecular complexity index is 440. The summed E-state index contributed by atoms with van der Waals surface area (Å²) in [5.74, 6) is 1.14. The summed E-state index contributed by atoms with van der Waals surface area (Å²) in [4.78, 5) is 0. The summed E-state index contributed by atoms with van der Waals surface area (Å²) in [6, 6.07) is 3.86. The van der Waals surface area contributed by atoms with E-state index in [-0.39, 0.29) is 13.2 Å². The second-order valence-electron chi connectivity index (χ2n) is 5.05. The quantitative estimate of drug-likeness (QED) is 0.731. The van der Waals surface area contributed by atoms with Crippen molar-refractivity contribution in [3.63, 3.8) is 0 Å². The highest BCUT2D eigenvalue weighted by molar-refractivity contribution is 6.30. The Balaban J connectivity index is 2.90. The lowest BCUT2D eigenvalue weighted by Gasteiger charge is -2.18. The molecular formula is C15H24ClNO4. The van der Waals surface area contributed by atoms with Crippen molar-refractivity contribution in [2.24, 2.45) is 0 Å². The van der Waals surface area contributed by atoms with Gasteiger partial charge in [-0.2, -0.15) is 0 Å². The van der Waals surface area contributed by atoms with Gasteiger partial charge >= 0.3 is 0 Å². The molecule has 0 aromatic heterocycles. The van der Waals surface area contributed by atoms with E-state index in [1.807, 2.05) is 6.07 Å². The van der Waals surface area contributed by atoms with Crippen molar-refractivity contribution in [2.45, 2.75) is 32.5 Å². The van der Waals surface area contributed by atoms with Gasteiger partial charge in [0, 0.05) is 36.3 Å². The third-order valence-electron chi connectivity index (χ3n) is 2.80. The van der Waals surface area contributed by atoms with Crippen LogP contribution in [-0.2, 0) is 11.3 Å². The number of aliphatic hydroxyl groups is 1. The lowest BCUT2D eigenvalue weighted by Crippen LogP contribution is -2.25. The predicted octanol–water partition coefficient (Wildman–Crippen LogP) is 2.23. The molecule has 1 atom stereocenters. The third kappa shape index (κ3) is 6.09. The summed E-state index contributed by atoms with van der Waals surface area (Å²) in [7, 11) is 3.09. The number of aliphatic hydroxyl groups excluding tert-OH is 1. The number of ether oxygens (including phenoxy) is 3. The van der Waals surface area contributed by atoms with Gasteiger partial charge in [0.2, 0.25) is 0 Å². The fourth-order valence-corrected chi connectivity index (χ4v) is 2.03. The Morgan fingerprint density at radius 1 is 1.24 bits per heavy atom. The summed E-state index contributed by atoms with van der Waals surface area (Å²) in [6.07, 6.45) is -0.693. The first-order chi connectivity index (χ1) is 9.97. The number of benzene rings is 1. The number of hydrogen-bond acceptors (Lipinski definition) is 5. The van der Waals surface area contributed by atoms with E-state index < -0.39 is 6.10 Å². The molecular weight excluding hydrogens is 294 g/mol. The normalized spacial score (nSPS) is 12.5. The summed E-state index contributed by atoms with van der Waals surface area (Å²) < 4.78 is 15.9. The van der Waals surface area contributed by atoms with Gasteiger partial charge in [-0.15, -0.1) is 0 Å². The van der Waals surface area contributed by atoms with E-state index in [2.05, 4.69) is 19.2 Å². The van der Waals surface area contributed by atoms with Gasteiger partial charge in [-0.1, -0.05) is 25.4 Å². The zero-order valence-corrected chi connectivity index (χ0v) is 13.7. The molecule has 0 aliphatic rings. The van der Waals surface area contributed by atoms with Gasteiger partial charge in [0.15, 0.2) is 11.5 Å².